The molecule has 2 atom stereocenters. The van der Waals surface area contributed by atoms with E-state index < -0.39 is 22.0 Å². The first-order valence-electron chi connectivity index (χ1n) is 11.3. The highest BCUT2D eigenvalue weighted by atomic mass is 32.2. The molecule has 178 valence electrons. The lowest BCUT2D eigenvalue weighted by atomic mass is 9.96. The first-order valence-corrected chi connectivity index (χ1v) is 12.8. The van der Waals surface area contributed by atoms with Crippen LogP contribution in [0.5, 0.6) is 0 Å². The predicted molar refractivity (Wildman–Crippen MR) is 133 cm³/mol. The second-order valence-corrected chi connectivity index (χ2v) is 10.7. The monoisotopic (exact) mass is 478 g/mol. The largest absolute Gasteiger partial charge is 0.384 e. The normalized spacial score (nSPS) is 18.7. The summed E-state index contributed by atoms with van der Waals surface area (Å²) in [6, 6.07) is 18.0. The Hall–Kier alpha value is -3.23. The number of aromatic nitrogens is 1. The molecule has 7 nitrogen and oxygen atoms in total. The van der Waals surface area contributed by atoms with Crippen LogP contribution < -0.4 is 10.5 Å². The maximum atomic E-state index is 13.3. The van der Waals surface area contributed by atoms with Gasteiger partial charge in [0.2, 0.25) is 0 Å². The van der Waals surface area contributed by atoms with Crippen molar-refractivity contribution in [3.63, 3.8) is 0 Å². The van der Waals surface area contributed by atoms with Crippen LogP contribution in [0.3, 0.4) is 0 Å². The number of carbonyl (C=O) groups is 1. The van der Waals surface area contributed by atoms with E-state index in [-0.39, 0.29) is 16.8 Å². The summed E-state index contributed by atoms with van der Waals surface area (Å²) in [5.74, 6) is -0.353. The number of nitrogens with one attached hydrogen (secondary N) is 1. The minimum Gasteiger partial charge on any atom is -0.384 e. The van der Waals surface area contributed by atoms with Crippen molar-refractivity contribution in [2.24, 2.45) is 0 Å². The van der Waals surface area contributed by atoms with Crippen molar-refractivity contribution in [3.8, 4) is 0 Å². The van der Waals surface area contributed by atoms with Crippen LogP contribution in [0.15, 0.2) is 65.7 Å². The third kappa shape index (κ3) is 5.13. The Morgan fingerprint density at radius 2 is 1.74 bits per heavy atom. The highest BCUT2D eigenvalue weighted by Gasteiger charge is 2.39. The molecule has 1 aliphatic heterocycles. The Morgan fingerprint density at radius 3 is 2.38 bits per heavy atom. The Morgan fingerprint density at radius 1 is 1.06 bits per heavy atom. The van der Waals surface area contributed by atoms with E-state index in [1.165, 1.54) is 23.8 Å². The molecule has 0 radical (unpaired) electrons. The van der Waals surface area contributed by atoms with Crippen LogP contribution in [0, 0.1) is 20.8 Å². The molecule has 2 unspecified atom stereocenters. The van der Waals surface area contributed by atoms with E-state index in [1.807, 2.05) is 18.2 Å². The molecule has 8 heteroatoms. The molecular formula is C26H30N4O3S. The van der Waals surface area contributed by atoms with Gasteiger partial charge in [0.15, 0.2) is 5.03 Å². The zero-order chi connectivity index (χ0) is 24.5. The number of pyridine rings is 1. The second-order valence-electron chi connectivity index (χ2n) is 9.04. The number of nitrogen functional groups attached to an aromatic ring is 1. The number of carbonyl (C=O) groups excluding carboxylic acids is 1. The summed E-state index contributed by atoms with van der Waals surface area (Å²) < 4.78 is 27.9. The quantitative estimate of drug-likeness (QED) is 0.562. The Balaban J connectivity index is 1.62. The van der Waals surface area contributed by atoms with Gasteiger partial charge in [0.25, 0.3) is 15.9 Å². The molecule has 2 heterocycles. The number of hydrogen-bond donors (Lipinski definition) is 2. The van der Waals surface area contributed by atoms with Gasteiger partial charge in [-0.25, -0.2) is 9.71 Å². The number of amides is 1. The smallest absolute Gasteiger partial charge is 0.281 e. The number of rotatable bonds is 6. The topological polar surface area (TPSA) is 105 Å². The zero-order valence-corrected chi connectivity index (χ0v) is 20.5. The first-order chi connectivity index (χ1) is 16.1. The zero-order valence-electron chi connectivity index (χ0n) is 19.7. The minimum atomic E-state index is -4.14. The van der Waals surface area contributed by atoms with Crippen LogP contribution in [0.25, 0.3) is 0 Å². The average Bonchev–Trinajstić information content (AvgIpc) is 3.21. The van der Waals surface area contributed by atoms with Crippen molar-refractivity contribution in [1.29, 1.82) is 0 Å². The van der Waals surface area contributed by atoms with Crippen LogP contribution in [0.4, 0.5) is 5.82 Å². The van der Waals surface area contributed by atoms with E-state index in [9.17, 15) is 13.2 Å². The SMILES string of the molecule is Cc1cc(C)c(CN2CC(c3ccccc3)CC2C(=O)NS(=O)(=O)c2cccc(N)n2)c(C)c1. The van der Waals surface area contributed by atoms with Crippen LogP contribution in [-0.2, 0) is 21.4 Å². The van der Waals surface area contributed by atoms with Gasteiger partial charge in [-0.3, -0.25) is 9.69 Å². The third-order valence-electron chi connectivity index (χ3n) is 6.43. The number of hydrogen-bond acceptors (Lipinski definition) is 6. The third-order valence-corrected chi connectivity index (χ3v) is 7.68. The van der Waals surface area contributed by atoms with Gasteiger partial charge in [-0.05, 0) is 67.5 Å². The summed E-state index contributed by atoms with van der Waals surface area (Å²) in [6.07, 6.45) is 0.527. The molecule has 0 spiro atoms. The van der Waals surface area contributed by atoms with E-state index in [0.29, 0.717) is 19.5 Å². The van der Waals surface area contributed by atoms with E-state index in [1.54, 1.807) is 0 Å². The van der Waals surface area contributed by atoms with E-state index in [4.69, 9.17) is 5.73 Å². The standard InChI is InChI=1S/C26H30N4O3S/c1-17-12-18(2)22(19(3)13-17)16-30-15-21(20-8-5-4-6-9-20)14-23(30)26(31)29-34(32,33)25-11-7-10-24(27)28-25/h4-13,21,23H,14-16H2,1-3H3,(H2,27,28)(H,29,31). The van der Waals surface area contributed by atoms with Crippen molar-refractivity contribution in [2.45, 2.75) is 50.7 Å². The number of sulfonamides is 1. The summed E-state index contributed by atoms with van der Waals surface area (Å²) in [5, 5.41) is -0.268. The van der Waals surface area contributed by atoms with E-state index >= 15 is 0 Å². The van der Waals surface area contributed by atoms with Crippen molar-refractivity contribution in [1.82, 2.24) is 14.6 Å². The van der Waals surface area contributed by atoms with Gasteiger partial charge in [0.05, 0.1) is 6.04 Å². The molecule has 1 saturated heterocycles. The highest BCUT2D eigenvalue weighted by molar-refractivity contribution is 7.90. The number of benzene rings is 2. The predicted octanol–water partition coefficient (Wildman–Crippen LogP) is 3.45. The fourth-order valence-corrected chi connectivity index (χ4v) is 5.80. The molecule has 0 aliphatic carbocycles. The number of nitrogens with two attached hydrogens (primary N) is 1. The molecule has 4 rings (SSSR count). The Bertz CT molecular complexity index is 1290. The van der Waals surface area contributed by atoms with Crippen molar-refractivity contribution >= 4 is 21.7 Å². The van der Waals surface area contributed by atoms with E-state index in [0.717, 1.165) is 22.3 Å². The summed E-state index contributed by atoms with van der Waals surface area (Å²) in [7, 11) is -4.14. The molecule has 1 aliphatic rings. The maximum absolute atomic E-state index is 13.3. The van der Waals surface area contributed by atoms with E-state index in [2.05, 4.69) is 59.6 Å². The Kier molecular flexibility index (Phi) is 6.72. The van der Waals surface area contributed by atoms with Crippen LogP contribution in [-0.4, -0.2) is 36.8 Å². The minimum absolute atomic E-state index is 0.0762. The summed E-state index contributed by atoms with van der Waals surface area (Å²) >= 11 is 0. The number of aryl methyl sites for hydroxylation is 3. The lowest BCUT2D eigenvalue weighted by Crippen LogP contribution is -2.45. The van der Waals surface area contributed by atoms with Crippen LogP contribution in [0.2, 0.25) is 0 Å². The summed E-state index contributed by atoms with van der Waals surface area (Å²) in [5.41, 5.74) is 11.5. The molecule has 34 heavy (non-hydrogen) atoms. The molecule has 0 saturated carbocycles. The Labute approximate surface area is 201 Å². The van der Waals surface area contributed by atoms with Gasteiger partial charge in [0, 0.05) is 13.1 Å². The molecular weight excluding hydrogens is 448 g/mol. The molecule has 1 fully saturated rings. The lowest BCUT2D eigenvalue weighted by molar-refractivity contribution is -0.123. The van der Waals surface area contributed by atoms with Gasteiger partial charge < -0.3 is 5.73 Å². The van der Waals surface area contributed by atoms with Gasteiger partial charge in [-0.2, -0.15) is 8.42 Å². The lowest BCUT2D eigenvalue weighted by Gasteiger charge is -2.25. The van der Waals surface area contributed by atoms with Crippen LogP contribution in [0.1, 0.15) is 40.2 Å². The summed E-state index contributed by atoms with van der Waals surface area (Å²) in [4.78, 5) is 19.3. The fourth-order valence-electron chi connectivity index (χ4n) is 4.81. The van der Waals surface area contributed by atoms with Gasteiger partial charge >= 0.3 is 0 Å². The fraction of sp³-hybridized carbons (Fsp3) is 0.308. The summed E-state index contributed by atoms with van der Waals surface area (Å²) in [6.45, 7) is 7.44. The van der Waals surface area contributed by atoms with Crippen LogP contribution >= 0.6 is 0 Å². The first kappa shape index (κ1) is 23.9. The number of anilines is 1. The van der Waals surface area contributed by atoms with Gasteiger partial charge in [0.1, 0.15) is 5.82 Å². The van der Waals surface area contributed by atoms with Gasteiger partial charge in [-0.15, -0.1) is 0 Å². The number of likely N-dealkylation sites (tertiary alicyclic amines) is 1. The average molecular weight is 479 g/mol. The van der Waals surface area contributed by atoms with Crippen molar-refractivity contribution in [2.75, 3.05) is 12.3 Å². The molecule has 1 amide bonds. The maximum Gasteiger partial charge on any atom is 0.281 e. The molecule has 0 bridgehead atoms. The second kappa shape index (κ2) is 9.56. The molecule has 2 aromatic carbocycles. The van der Waals surface area contributed by atoms with Gasteiger partial charge in [-0.1, -0.05) is 54.1 Å². The highest BCUT2D eigenvalue weighted by Crippen LogP contribution is 2.34. The molecule has 3 aromatic rings. The number of nitrogens with zero attached hydrogens (tertiary/aromatic N) is 2. The van der Waals surface area contributed by atoms with Crippen molar-refractivity contribution < 1.29 is 13.2 Å². The molecule has 1 aromatic heterocycles. The molecule has 3 N–H and O–H groups in total. The van der Waals surface area contributed by atoms with Crippen molar-refractivity contribution in [3.05, 3.63) is 88.5 Å².